The van der Waals surface area contributed by atoms with Crippen LogP contribution < -0.4 is 0 Å². The van der Waals surface area contributed by atoms with E-state index >= 15 is 0 Å². The van der Waals surface area contributed by atoms with Crippen LogP contribution in [0.4, 0.5) is 30.7 Å². The van der Waals surface area contributed by atoms with Gasteiger partial charge in [-0.25, -0.2) is 0 Å². The van der Waals surface area contributed by atoms with Crippen molar-refractivity contribution in [2.75, 3.05) is 0 Å². The summed E-state index contributed by atoms with van der Waals surface area (Å²) >= 11 is 3.93. The third-order valence-corrected chi connectivity index (χ3v) is 0.988. The van der Waals surface area contributed by atoms with Gasteiger partial charge in [0.1, 0.15) is 0 Å². The highest BCUT2D eigenvalue weighted by Gasteiger charge is 2.59. The molecule has 1 unspecified atom stereocenters. The Labute approximate surface area is 71.7 Å². The third-order valence-electron chi connectivity index (χ3n) is 0.696. The molecule has 0 bridgehead atoms. The van der Waals surface area contributed by atoms with Gasteiger partial charge in [-0.1, -0.05) is 0 Å². The molecular formula is C4ClF7O. The van der Waals surface area contributed by atoms with Gasteiger partial charge in [0.15, 0.2) is 0 Å². The molecule has 13 heavy (non-hydrogen) atoms. The second-order valence-corrected chi connectivity index (χ2v) is 2.14. The average molecular weight is 232 g/mol. The molecule has 0 saturated carbocycles. The Bertz CT molecular complexity index is 215. The zero-order chi connectivity index (χ0) is 10.9. The molecule has 0 aromatic heterocycles. The highest BCUT2D eigenvalue weighted by Crippen LogP contribution is 2.40. The predicted octanol–water partition coefficient (Wildman–Crippen LogP) is 3.46. The molecule has 0 N–H and O–H groups in total. The summed E-state index contributed by atoms with van der Waals surface area (Å²) in [6.45, 7) is 0. The van der Waals surface area contributed by atoms with Crippen LogP contribution in [0.5, 0.6) is 0 Å². The maximum absolute atomic E-state index is 12.0. The van der Waals surface area contributed by atoms with Crippen LogP contribution >= 0.6 is 11.6 Å². The first-order valence-corrected chi connectivity index (χ1v) is 2.80. The van der Waals surface area contributed by atoms with E-state index in [1.165, 1.54) is 0 Å². The van der Waals surface area contributed by atoms with E-state index < -0.39 is 23.6 Å². The molecule has 0 radical (unpaired) electrons. The van der Waals surface area contributed by atoms with Crippen molar-refractivity contribution >= 4 is 11.6 Å². The molecule has 78 valence electrons. The van der Waals surface area contributed by atoms with Crippen LogP contribution in [0.2, 0.25) is 0 Å². The molecule has 0 rings (SSSR count). The molecule has 0 heterocycles. The van der Waals surface area contributed by atoms with Gasteiger partial charge >= 0.3 is 23.6 Å². The van der Waals surface area contributed by atoms with E-state index in [2.05, 4.69) is 16.3 Å². The minimum atomic E-state index is -5.82. The fraction of sp³-hybridized carbons (Fsp3) is 0.500. The lowest BCUT2D eigenvalue weighted by Crippen LogP contribution is -2.37. The van der Waals surface area contributed by atoms with Crippen molar-refractivity contribution < 1.29 is 35.5 Å². The van der Waals surface area contributed by atoms with Gasteiger partial charge in [0.05, 0.1) is 0 Å². The van der Waals surface area contributed by atoms with Crippen LogP contribution in [0.1, 0.15) is 0 Å². The lowest BCUT2D eigenvalue weighted by atomic mass is 10.6. The standard InChI is InChI=1S/C4ClF7O/c5-3(9,4(10,11)12)13-2(8)1(6)7. The van der Waals surface area contributed by atoms with Crippen molar-refractivity contribution in [3.63, 3.8) is 0 Å². The van der Waals surface area contributed by atoms with Gasteiger partial charge in [-0.2, -0.15) is 30.7 Å². The Balaban J connectivity index is 4.63. The molecule has 0 aromatic carbocycles. The summed E-state index contributed by atoms with van der Waals surface area (Å²) in [4.78, 5) is 0. The second kappa shape index (κ2) is 3.60. The zero-order valence-electron chi connectivity index (χ0n) is 5.43. The number of ether oxygens (including phenoxy) is 1. The number of rotatable bonds is 2. The van der Waals surface area contributed by atoms with E-state index in [9.17, 15) is 30.7 Å². The lowest BCUT2D eigenvalue weighted by Gasteiger charge is -2.19. The molecule has 9 heteroatoms. The average Bonchev–Trinajstić information content (AvgIpc) is 1.83. The Kier molecular flexibility index (Phi) is 3.42. The summed E-state index contributed by atoms with van der Waals surface area (Å²) in [7, 11) is 0. The molecule has 0 saturated heterocycles. The fourth-order valence-electron chi connectivity index (χ4n) is 0.209. The van der Waals surface area contributed by atoms with Crippen molar-refractivity contribution in [2.45, 2.75) is 11.5 Å². The van der Waals surface area contributed by atoms with Gasteiger partial charge in [-0.3, -0.25) is 0 Å². The van der Waals surface area contributed by atoms with Crippen LogP contribution in [-0.4, -0.2) is 11.5 Å². The van der Waals surface area contributed by atoms with E-state index in [4.69, 9.17) is 0 Å². The second-order valence-electron chi connectivity index (χ2n) is 1.65. The highest BCUT2D eigenvalue weighted by molar-refractivity contribution is 6.22. The van der Waals surface area contributed by atoms with E-state index in [0.717, 1.165) is 0 Å². The van der Waals surface area contributed by atoms with E-state index in [-0.39, 0.29) is 0 Å². The first-order valence-electron chi connectivity index (χ1n) is 2.42. The molecule has 0 aliphatic rings. The topological polar surface area (TPSA) is 9.23 Å². The molecule has 0 spiro atoms. The van der Waals surface area contributed by atoms with Crippen LogP contribution in [-0.2, 0) is 4.74 Å². The monoisotopic (exact) mass is 232 g/mol. The van der Waals surface area contributed by atoms with Gasteiger partial charge in [-0.05, 0) is 11.6 Å². The molecule has 0 fully saturated rings. The molecule has 0 aliphatic carbocycles. The van der Waals surface area contributed by atoms with Crippen molar-refractivity contribution in [1.29, 1.82) is 0 Å². The Morgan fingerprint density at radius 3 is 1.62 bits per heavy atom. The third kappa shape index (κ3) is 3.29. The van der Waals surface area contributed by atoms with Crippen molar-refractivity contribution in [3.8, 4) is 0 Å². The normalized spacial score (nSPS) is 16.3. The summed E-state index contributed by atoms with van der Waals surface area (Å²) in [5.74, 6) is 0. The smallest absolute Gasteiger partial charge is 0.409 e. The molecular weight excluding hydrogens is 232 g/mol. The summed E-state index contributed by atoms with van der Waals surface area (Å²) in [5, 5.41) is -5.00. The maximum atomic E-state index is 12.0. The first-order chi connectivity index (χ1) is 5.58. The van der Waals surface area contributed by atoms with Crippen molar-refractivity contribution in [2.24, 2.45) is 0 Å². The Hall–Kier alpha value is -0.660. The largest absolute Gasteiger partial charge is 0.477 e. The number of hydrogen-bond donors (Lipinski definition) is 0. The Morgan fingerprint density at radius 1 is 1.00 bits per heavy atom. The van der Waals surface area contributed by atoms with Crippen LogP contribution in [0.25, 0.3) is 0 Å². The highest BCUT2D eigenvalue weighted by atomic mass is 35.5. The zero-order valence-corrected chi connectivity index (χ0v) is 6.19. The van der Waals surface area contributed by atoms with Crippen molar-refractivity contribution in [3.05, 3.63) is 12.1 Å². The van der Waals surface area contributed by atoms with Crippen molar-refractivity contribution in [1.82, 2.24) is 0 Å². The van der Waals surface area contributed by atoms with E-state index in [0.29, 0.717) is 0 Å². The van der Waals surface area contributed by atoms with E-state index in [1.807, 2.05) is 0 Å². The van der Waals surface area contributed by atoms with Gasteiger partial charge in [0.25, 0.3) is 0 Å². The Morgan fingerprint density at radius 2 is 1.38 bits per heavy atom. The fourth-order valence-corrected chi connectivity index (χ4v) is 0.277. The van der Waals surface area contributed by atoms with Gasteiger partial charge in [0, 0.05) is 0 Å². The molecule has 0 aliphatic heterocycles. The minimum absolute atomic E-state index is 2.50. The number of alkyl halides is 5. The van der Waals surface area contributed by atoms with Crippen LogP contribution in [0.15, 0.2) is 12.1 Å². The van der Waals surface area contributed by atoms with E-state index in [1.54, 1.807) is 0 Å². The summed E-state index contributed by atoms with van der Waals surface area (Å²) in [6.07, 6.45) is -9.06. The SMILES string of the molecule is FC(F)=C(F)OC(F)(Cl)C(F)(F)F. The molecule has 1 nitrogen and oxygen atoms in total. The summed E-state index contributed by atoms with van der Waals surface area (Å²) in [5.41, 5.74) is 0. The molecule has 0 amide bonds. The predicted molar refractivity (Wildman–Crippen MR) is 27.2 cm³/mol. The van der Waals surface area contributed by atoms with Gasteiger partial charge in [-0.15, -0.1) is 0 Å². The molecule has 0 aromatic rings. The minimum Gasteiger partial charge on any atom is -0.409 e. The quantitative estimate of drug-likeness (QED) is 0.402. The first kappa shape index (κ1) is 12.3. The molecule has 1 atom stereocenters. The summed E-state index contributed by atoms with van der Waals surface area (Å²) in [6, 6.07) is -3.02. The lowest BCUT2D eigenvalue weighted by molar-refractivity contribution is -0.284. The maximum Gasteiger partial charge on any atom is 0.477 e. The summed E-state index contributed by atoms with van der Waals surface area (Å²) < 4.78 is 82.6. The number of hydrogen-bond acceptors (Lipinski definition) is 1. The van der Waals surface area contributed by atoms with Crippen LogP contribution in [0.3, 0.4) is 0 Å². The van der Waals surface area contributed by atoms with Gasteiger partial charge < -0.3 is 4.74 Å². The number of halogens is 8. The van der Waals surface area contributed by atoms with Gasteiger partial charge in [0.2, 0.25) is 0 Å². The van der Waals surface area contributed by atoms with Crippen LogP contribution in [0, 0.1) is 0 Å².